The van der Waals surface area contributed by atoms with Crippen LogP contribution in [0, 0.1) is 0 Å². The minimum absolute atomic E-state index is 0.777. The quantitative estimate of drug-likeness (QED) is 0.698. The van der Waals surface area contributed by atoms with E-state index in [0.717, 1.165) is 35.2 Å². The van der Waals surface area contributed by atoms with Gasteiger partial charge in [0.2, 0.25) is 0 Å². The number of para-hydroxylation sites is 1. The lowest BCUT2D eigenvalue weighted by Crippen LogP contribution is -2.16. The van der Waals surface area contributed by atoms with Gasteiger partial charge in [-0.15, -0.1) is 11.3 Å². The molecule has 0 unspecified atom stereocenters. The maximum atomic E-state index is 5.92. The van der Waals surface area contributed by atoms with Crippen molar-refractivity contribution < 1.29 is 0 Å². The van der Waals surface area contributed by atoms with Crippen molar-refractivity contribution in [3.8, 4) is 5.69 Å². The van der Waals surface area contributed by atoms with Crippen molar-refractivity contribution in [3.05, 3.63) is 69.6 Å². The zero-order valence-electron chi connectivity index (χ0n) is 11.5. The first-order chi connectivity index (χ1) is 10.3. The van der Waals surface area contributed by atoms with Crippen molar-refractivity contribution in [1.29, 1.82) is 0 Å². The Bertz CT molecular complexity index is 690. The Labute approximate surface area is 133 Å². The highest BCUT2D eigenvalue weighted by Crippen LogP contribution is 2.21. The molecule has 3 aromatic rings. The maximum absolute atomic E-state index is 5.92. The van der Waals surface area contributed by atoms with E-state index in [0.29, 0.717) is 0 Å². The number of hydrogen-bond donors (Lipinski definition) is 1. The molecular formula is C16H16ClN3S. The van der Waals surface area contributed by atoms with Gasteiger partial charge in [-0.05, 0) is 36.8 Å². The number of nitrogens with zero attached hydrogens (tertiary/aromatic N) is 2. The van der Waals surface area contributed by atoms with Crippen LogP contribution in [0.25, 0.3) is 5.69 Å². The molecule has 0 aliphatic heterocycles. The highest BCUT2D eigenvalue weighted by atomic mass is 35.5. The molecule has 5 heteroatoms. The number of benzene rings is 1. The maximum Gasteiger partial charge on any atom is 0.0931 e. The summed E-state index contributed by atoms with van der Waals surface area (Å²) < 4.78 is 2.75. The van der Waals surface area contributed by atoms with E-state index in [-0.39, 0.29) is 0 Å². The monoisotopic (exact) mass is 317 g/mol. The zero-order chi connectivity index (χ0) is 14.5. The van der Waals surface area contributed by atoms with Crippen LogP contribution in [0.3, 0.4) is 0 Å². The molecule has 2 heterocycles. The first-order valence-electron chi connectivity index (χ1n) is 6.86. The molecule has 0 aliphatic rings. The summed E-state index contributed by atoms with van der Waals surface area (Å²) in [6, 6.07) is 16.2. The first-order valence-corrected chi connectivity index (χ1v) is 8.05. The fraction of sp³-hybridized carbons (Fsp3) is 0.188. The van der Waals surface area contributed by atoms with Crippen molar-refractivity contribution in [3.63, 3.8) is 0 Å². The number of halogens is 1. The number of thiophene rings is 1. The fourth-order valence-electron chi connectivity index (χ4n) is 2.09. The second-order valence-corrected chi connectivity index (χ2v) is 6.52. The standard InChI is InChI=1S/C16H16ClN3S/c17-16-7-6-15(21-16)8-10-18-12-13-9-11-20(19-13)14-4-2-1-3-5-14/h1-7,9,11,18H,8,10,12H2. The molecule has 0 spiro atoms. The van der Waals surface area contributed by atoms with Gasteiger partial charge in [-0.3, -0.25) is 0 Å². The molecule has 0 bridgehead atoms. The summed E-state index contributed by atoms with van der Waals surface area (Å²) in [5.74, 6) is 0. The number of aromatic nitrogens is 2. The third-order valence-electron chi connectivity index (χ3n) is 3.15. The SMILES string of the molecule is Clc1ccc(CCNCc2ccn(-c3ccccc3)n2)s1. The van der Waals surface area contributed by atoms with E-state index in [4.69, 9.17) is 11.6 Å². The van der Waals surface area contributed by atoms with E-state index in [2.05, 4.69) is 16.5 Å². The van der Waals surface area contributed by atoms with Crippen molar-refractivity contribution >= 4 is 22.9 Å². The summed E-state index contributed by atoms with van der Waals surface area (Å²) in [6.45, 7) is 1.70. The van der Waals surface area contributed by atoms with Gasteiger partial charge in [0.15, 0.2) is 0 Å². The molecule has 0 saturated carbocycles. The zero-order valence-corrected chi connectivity index (χ0v) is 13.1. The van der Waals surface area contributed by atoms with Crippen LogP contribution in [0.5, 0.6) is 0 Å². The summed E-state index contributed by atoms with van der Waals surface area (Å²) in [4.78, 5) is 1.31. The average molecular weight is 318 g/mol. The van der Waals surface area contributed by atoms with E-state index in [1.54, 1.807) is 11.3 Å². The van der Waals surface area contributed by atoms with Gasteiger partial charge in [-0.1, -0.05) is 29.8 Å². The largest absolute Gasteiger partial charge is 0.311 e. The van der Waals surface area contributed by atoms with Crippen LogP contribution in [-0.2, 0) is 13.0 Å². The van der Waals surface area contributed by atoms with E-state index in [1.165, 1.54) is 4.88 Å². The van der Waals surface area contributed by atoms with E-state index >= 15 is 0 Å². The summed E-state index contributed by atoms with van der Waals surface area (Å²) >= 11 is 7.56. The summed E-state index contributed by atoms with van der Waals surface area (Å²) in [7, 11) is 0. The Morgan fingerprint density at radius 2 is 1.95 bits per heavy atom. The molecule has 3 rings (SSSR count). The minimum Gasteiger partial charge on any atom is -0.311 e. The molecule has 2 aromatic heterocycles. The predicted octanol–water partition coefficient (Wildman–Crippen LogP) is 3.92. The van der Waals surface area contributed by atoms with Crippen LogP contribution in [0.4, 0.5) is 0 Å². The van der Waals surface area contributed by atoms with Gasteiger partial charge in [0.05, 0.1) is 15.7 Å². The lowest BCUT2D eigenvalue weighted by atomic mass is 10.3. The Morgan fingerprint density at radius 1 is 1.10 bits per heavy atom. The lowest BCUT2D eigenvalue weighted by molar-refractivity contribution is 0.669. The van der Waals surface area contributed by atoms with E-state index < -0.39 is 0 Å². The van der Waals surface area contributed by atoms with Crippen LogP contribution >= 0.6 is 22.9 Å². The summed E-state index contributed by atoms with van der Waals surface area (Å²) in [6.07, 6.45) is 2.99. The molecule has 21 heavy (non-hydrogen) atoms. The van der Waals surface area contributed by atoms with Crippen LogP contribution in [0.15, 0.2) is 54.7 Å². The molecule has 0 atom stereocenters. The minimum atomic E-state index is 0.777. The molecule has 0 aliphatic carbocycles. The van der Waals surface area contributed by atoms with Crippen molar-refractivity contribution in [2.75, 3.05) is 6.54 Å². The summed E-state index contributed by atoms with van der Waals surface area (Å²) in [5.41, 5.74) is 2.13. The third-order valence-corrected chi connectivity index (χ3v) is 4.44. The molecule has 0 saturated heterocycles. The first kappa shape index (κ1) is 14.3. The van der Waals surface area contributed by atoms with Gasteiger partial charge in [0.1, 0.15) is 0 Å². The Kier molecular flexibility index (Phi) is 4.70. The van der Waals surface area contributed by atoms with Gasteiger partial charge in [0, 0.05) is 24.2 Å². The number of rotatable bonds is 6. The summed E-state index contributed by atoms with van der Waals surface area (Å²) in [5, 5.41) is 7.98. The molecule has 108 valence electrons. The second kappa shape index (κ2) is 6.89. The molecule has 0 fully saturated rings. The predicted molar refractivity (Wildman–Crippen MR) is 88.3 cm³/mol. The lowest BCUT2D eigenvalue weighted by Gasteiger charge is -2.02. The second-order valence-electron chi connectivity index (χ2n) is 4.72. The van der Waals surface area contributed by atoms with Crippen LogP contribution in [0.1, 0.15) is 10.6 Å². The van der Waals surface area contributed by atoms with Crippen molar-refractivity contribution in [2.45, 2.75) is 13.0 Å². The Balaban J connectivity index is 1.49. The van der Waals surface area contributed by atoms with Crippen molar-refractivity contribution in [1.82, 2.24) is 15.1 Å². The van der Waals surface area contributed by atoms with E-state index in [1.807, 2.05) is 53.3 Å². The van der Waals surface area contributed by atoms with Crippen LogP contribution in [-0.4, -0.2) is 16.3 Å². The molecule has 0 radical (unpaired) electrons. The normalized spacial score (nSPS) is 10.9. The third kappa shape index (κ3) is 3.94. The number of nitrogens with one attached hydrogen (secondary N) is 1. The molecule has 1 aromatic carbocycles. The van der Waals surface area contributed by atoms with Gasteiger partial charge >= 0.3 is 0 Å². The van der Waals surface area contributed by atoms with Crippen LogP contribution < -0.4 is 5.32 Å². The highest BCUT2D eigenvalue weighted by Gasteiger charge is 2.01. The number of hydrogen-bond acceptors (Lipinski definition) is 3. The smallest absolute Gasteiger partial charge is 0.0931 e. The Hall–Kier alpha value is -1.62. The molecule has 3 nitrogen and oxygen atoms in total. The Morgan fingerprint density at radius 3 is 2.71 bits per heavy atom. The van der Waals surface area contributed by atoms with Crippen LogP contribution in [0.2, 0.25) is 4.34 Å². The van der Waals surface area contributed by atoms with Crippen molar-refractivity contribution in [2.24, 2.45) is 0 Å². The highest BCUT2D eigenvalue weighted by molar-refractivity contribution is 7.16. The van der Waals surface area contributed by atoms with Gasteiger partial charge in [-0.25, -0.2) is 4.68 Å². The average Bonchev–Trinajstić information content (AvgIpc) is 3.14. The fourth-order valence-corrected chi connectivity index (χ4v) is 3.18. The van der Waals surface area contributed by atoms with Gasteiger partial charge < -0.3 is 5.32 Å². The molecular weight excluding hydrogens is 302 g/mol. The topological polar surface area (TPSA) is 29.9 Å². The van der Waals surface area contributed by atoms with Gasteiger partial charge in [0.25, 0.3) is 0 Å². The molecule has 1 N–H and O–H groups in total. The van der Waals surface area contributed by atoms with Gasteiger partial charge in [-0.2, -0.15) is 5.10 Å². The van der Waals surface area contributed by atoms with E-state index in [9.17, 15) is 0 Å². The molecule has 0 amide bonds.